The first-order valence-corrected chi connectivity index (χ1v) is 5.69. The molecule has 0 aliphatic heterocycles. The Labute approximate surface area is 102 Å². The molecular weight excluding hydrogens is 238 g/mol. The molecule has 1 aromatic carbocycles. The van der Waals surface area contributed by atoms with E-state index in [4.69, 9.17) is 0 Å². The Morgan fingerprint density at radius 1 is 1.24 bits per heavy atom. The number of rotatable bonds is 3. The highest BCUT2D eigenvalue weighted by Crippen LogP contribution is 2.26. The molecule has 0 spiro atoms. The lowest BCUT2D eigenvalue weighted by Gasteiger charge is -2.00. The summed E-state index contributed by atoms with van der Waals surface area (Å²) in [7, 11) is 0. The van der Waals surface area contributed by atoms with E-state index in [1.165, 1.54) is 23.9 Å². The van der Waals surface area contributed by atoms with Crippen LogP contribution in [0.5, 0.6) is 0 Å². The first-order valence-electron chi connectivity index (χ1n) is 4.87. The van der Waals surface area contributed by atoms with Crippen LogP contribution in [0.4, 0.5) is 5.69 Å². The molecule has 1 aromatic heterocycles. The lowest BCUT2D eigenvalue weighted by molar-refractivity contribution is -0.384. The number of nitrogens with zero attached hydrogens (tertiary/aromatic N) is 3. The van der Waals surface area contributed by atoms with Crippen LogP contribution >= 0.6 is 11.8 Å². The molecule has 0 aliphatic carbocycles. The Balaban J connectivity index is 2.16. The molecule has 2 aromatic rings. The number of aryl methyl sites for hydroxylation is 1. The largest absolute Gasteiger partial charge is 0.269 e. The molecule has 0 amide bonds. The molecule has 17 heavy (non-hydrogen) atoms. The van der Waals surface area contributed by atoms with E-state index in [0.29, 0.717) is 5.16 Å². The summed E-state index contributed by atoms with van der Waals surface area (Å²) in [5, 5.41) is 11.1. The fourth-order valence-electron chi connectivity index (χ4n) is 1.22. The molecule has 6 heteroatoms. The fourth-order valence-corrected chi connectivity index (χ4v) is 2.00. The van der Waals surface area contributed by atoms with Gasteiger partial charge >= 0.3 is 0 Å². The van der Waals surface area contributed by atoms with Gasteiger partial charge in [-0.05, 0) is 36.9 Å². The fraction of sp³-hybridized carbons (Fsp3) is 0.0909. The number of nitro groups is 1. The molecule has 0 N–H and O–H groups in total. The lowest BCUT2D eigenvalue weighted by Crippen LogP contribution is -1.89. The maximum Gasteiger partial charge on any atom is 0.269 e. The monoisotopic (exact) mass is 247 g/mol. The number of aromatic nitrogens is 2. The molecule has 0 unspecified atom stereocenters. The van der Waals surface area contributed by atoms with Crippen molar-refractivity contribution in [3.63, 3.8) is 0 Å². The van der Waals surface area contributed by atoms with Gasteiger partial charge in [0.25, 0.3) is 5.69 Å². The van der Waals surface area contributed by atoms with E-state index in [9.17, 15) is 10.1 Å². The minimum Gasteiger partial charge on any atom is -0.258 e. The van der Waals surface area contributed by atoms with E-state index < -0.39 is 4.92 Å². The van der Waals surface area contributed by atoms with Crippen LogP contribution in [0.3, 0.4) is 0 Å². The van der Waals surface area contributed by atoms with E-state index >= 15 is 0 Å². The van der Waals surface area contributed by atoms with Gasteiger partial charge in [-0.3, -0.25) is 10.1 Å². The number of non-ortho nitro benzene ring substituents is 1. The summed E-state index contributed by atoms with van der Waals surface area (Å²) < 4.78 is 0. The van der Waals surface area contributed by atoms with Gasteiger partial charge in [0.2, 0.25) is 0 Å². The van der Waals surface area contributed by atoms with Crippen molar-refractivity contribution in [1.82, 2.24) is 9.97 Å². The summed E-state index contributed by atoms with van der Waals surface area (Å²) in [6, 6.07) is 8.14. The molecule has 5 nitrogen and oxygen atoms in total. The first-order chi connectivity index (χ1) is 8.15. The van der Waals surface area contributed by atoms with Gasteiger partial charge in [-0.25, -0.2) is 9.97 Å². The SMILES string of the molecule is Cc1ccnc(Sc2ccc([N+](=O)[O-])cc2)n1. The first kappa shape index (κ1) is 11.5. The van der Waals surface area contributed by atoms with Crippen molar-refractivity contribution < 1.29 is 4.92 Å². The Bertz CT molecular complexity index is 543. The van der Waals surface area contributed by atoms with Crippen molar-refractivity contribution in [2.24, 2.45) is 0 Å². The zero-order chi connectivity index (χ0) is 12.3. The van der Waals surface area contributed by atoms with Gasteiger partial charge in [0.1, 0.15) is 0 Å². The van der Waals surface area contributed by atoms with Crippen molar-refractivity contribution in [2.45, 2.75) is 17.0 Å². The summed E-state index contributed by atoms with van der Waals surface area (Å²) in [4.78, 5) is 19.3. The molecular formula is C11H9N3O2S. The molecule has 1 heterocycles. The molecule has 0 saturated carbocycles. The van der Waals surface area contributed by atoms with Gasteiger partial charge in [-0.2, -0.15) is 0 Å². The summed E-state index contributed by atoms with van der Waals surface area (Å²) in [6.07, 6.45) is 1.69. The third-order valence-electron chi connectivity index (χ3n) is 2.03. The molecule has 2 rings (SSSR count). The van der Waals surface area contributed by atoms with E-state index in [1.807, 2.05) is 13.0 Å². The standard InChI is InChI=1S/C11H9N3O2S/c1-8-6-7-12-11(13-8)17-10-4-2-9(3-5-10)14(15)16/h2-7H,1H3. The van der Waals surface area contributed by atoms with Crippen LogP contribution in [0.25, 0.3) is 0 Å². The number of hydrogen-bond donors (Lipinski definition) is 0. The van der Waals surface area contributed by atoms with Gasteiger partial charge in [0, 0.05) is 28.9 Å². The molecule has 0 bridgehead atoms. The highest BCUT2D eigenvalue weighted by Gasteiger charge is 2.05. The highest BCUT2D eigenvalue weighted by molar-refractivity contribution is 7.99. The minimum absolute atomic E-state index is 0.0829. The second kappa shape index (κ2) is 4.92. The van der Waals surface area contributed by atoms with Crippen LogP contribution in [0, 0.1) is 17.0 Å². The second-order valence-corrected chi connectivity index (χ2v) is 4.37. The van der Waals surface area contributed by atoms with Gasteiger partial charge in [-0.1, -0.05) is 0 Å². The van der Waals surface area contributed by atoms with Crippen LogP contribution in [-0.2, 0) is 0 Å². The summed E-state index contributed by atoms with van der Waals surface area (Å²) in [6.45, 7) is 1.89. The predicted molar refractivity (Wildman–Crippen MR) is 64.0 cm³/mol. The van der Waals surface area contributed by atoms with Crippen LogP contribution in [0.2, 0.25) is 0 Å². The highest BCUT2D eigenvalue weighted by atomic mass is 32.2. The summed E-state index contributed by atoms with van der Waals surface area (Å²) >= 11 is 1.38. The van der Waals surface area contributed by atoms with Gasteiger partial charge < -0.3 is 0 Å². The van der Waals surface area contributed by atoms with Crippen molar-refractivity contribution in [3.8, 4) is 0 Å². The van der Waals surface area contributed by atoms with Crippen LogP contribution in [0.1, 0.15) is 5.69 Å². The van der Waals surface area contributed by atoms with Gasteiger partial charge in [-0.15, -0.1) is 0 Å². The molecule has 86 valence electrons. The van der Waals surface area contributed by atoms with E-state index in [0.717, 1.165) is 10.6 Å². The Morgan fingerprint density at radius 2 is 1.94 bits per heavy atom. The van der Waals surface area contributed by atoms with Gasteiger partial charge in [0.15, 0.2) is 5.16 Å². The Morgan fingerprint density at radius 3 is 2.53 bits per heavy atom. The maximum atomic E-state index is 10.5. The smallest absolute Gasteiger partial charge is 0.258 e. The Kier molecular flexibility index (Phi) is 3.34. The number of benzene rings is 1. The van der Waals surface area contributed by atoms with Crippen molar-refractivity contribution in [3.05, 3.63) is 52.3 Å². The van der Waals surface area contributed by atoms with E-state index in [-0.39, 0.29) is 5.69 Å². The summed E-state index contributed by atoms with van der Waals surface area (Å²) in [5.41, 5.74) is 0.976. The normalized spacial score (nSPS) is 10.2. The number of nitro benzene ring substituents is 1. The molecule has 0 saturated heterocycles. The van der Waals surface area contributed by atoms with Crippen molar-refractivity contribution in [2.75, 3.05) is 0 Å². The summed E-state index contributed by atoms with van der Waals surface area (Å²) in [5.74, 6) is 0. The topological polar surface area (TPSA) is 68.9 Å². The zero-order valence-electron chi connectivity index (χ0n) is 9.03. The zero-order valence-corrected chi connectivity index (χ0v) is 9.85. The third-order valence-corrected chi connectivity index (χ3v) is 2.92. The predicted octanol–water partition coefficient (Wildman–Crippen LogP) is 2.84. The van der Waals surface area contributed by atoms with E-state index in [1.54, 1.807) is 18.3 Å². The third kappa shape index (κ3) is 3.01. The quantitative estimate of drug-likeness (QED) is 0.474. The number of hydrogen-bond acceptors (Lipinski definition) is 5. The van der Waals surface area contributed by atoms with Crippen LogP contribution in [-0.4, -0.2) is 14.9 Å². The van der Waals surface area contributed by atoms with Crippen LogP contribution < -0.4 is 0 Å². The van der Waals surface area contributed by atoms with Crippen molar-refractivity contribution >= 4 is 17.4 Å². The minimum atomic E-state index is -0.419. The molecule has 0 atom stereocenters. The molecule has 0 radical (unpaired) electrons. The molecule has 0 aliphatic rings. The van der Waals surface area contributed by atoms with Crippen LogP contribution in [0.15, 0.2) is 46.6 Å². The average Bonchev–Trinajstić information content (AvgIpc) is 2.29. The second-order valence-electron chi connectivity index (χ2n) is 3.33. The average molecular weight is 247 g/mol. The lowest BCUT2D eigenvalue weighted by atomic mass is 10.3. The van der Waals surface area contributed by atoms with Gasteiger partial charge in [0.05, 0.1) is 4.92 Å². The molecule has 0 fully saturated rings. The van der Waals surface area contributed by atoms with E-state index in [2.05, 4.69) is 9.97 Å². The van der Waals surface area contributed by atoms with Crippen molar-refractivity contribution in [1.29, 1.82) is 0 Å². The maximum absolute atomic E-state index is 10.5. The Hall–Kier alpha value is -1.95.